The Bertz CT molecular complexity index is 911. The van der Waals surface area contributed by atoms with Crippen LogP contribution >= 0.6 is 0 Å². The molecule has 2 aromatic carbocycles. The number of carbonyl (C=O) groups is 1. The number of nitrogens with one attached hydrogen (secondary N) is 3. The fourth-order valence-electron chi connectivity index (χ4n) is 3.08. The first-order valence-corrected chi connectivity index (χ1v) is 8.74. The third kappa shape index (κ3) is 4.05. The molecule has 0 radical (unpaired) electrons. The van der Waals surface area contributed by atoms with Gasteiger partial charge in [0.15, 0.2) is 5.76 Å². The predicted molar refractivity (Wildman–Crippen MR) is 97.6 cm³/mol. The van der Waals surface area contributed by atoms with Crippen LogP contribution in [0.25, 0.3) is 11.3 Å². The van der Waals surface area contributed by atoms with Crippen molar-refractivity contribution < 1.29 is 13.7 Å². The second-order valence-electron chi connectivity index (χ2n) is 6.45. The molecule has 1 amide bonds. The highest BCUT2D eigenvalue weighted by Crippen LogP contribution is 2.23. The summed E-state index contributed by atoms with van der Waals surface area (Å²) >= 11 is 0. The number of amides is 1. The normalized spacial score (nSPS) is 19.1. The number of hydrazine groups is 1. The molecule has 1 fully saturated rings. The summed E-state index contributed by atoms with van der Waals surface area (Å²) in [5.74, 6) is 0.259. The SMILES string of the molecule is O=C(NCc1cc(-c2ccccc2)on1)C1CC(c2ccc(F)cc2)NN1. The number of halogens is 1. The van der Waals surface area contributed by atoms with Crippen LogP contribution in [0.3, 0.4) is 0 Å². The van der Waals surface area contributed by atoms with E-state index in [1.807, 2.05) is 36.4 Å². The third-order valence-corrected chi connectivity index (χ3v) is 4.55. The lowest BCUT2D eigenvalue weighted by molar-refractivity contribution is -0.123. The van der Waals surface area contributed by atoms with Gasteiger partial charge in [0, 0.05) is 17.7 Å². The molecule has 1 aromatic heterocycles. The summed E-state index contributed by atoms with van der Waals surface area (Å²) in [5.41, 5.74) is 8.59. The van der Waals surface area contributed by atoms with Gasteiger partial charge in [-0.3, -0.25) is 4.79 Å². The molecule has 2 heterocycles. The molecule has 27 heavy (non-hydrogen) atoms. The topological polar surface area (TPSA) is 79.2 Å². The smallest absolute Gasteiger partial charge is 0.238 e. The summed E-state index contributed by atoms with van der Waals surface area (Å²) in [4.78, 5) is 12.4. The number of aromatic nitrogens is 1. The molecule has 1 aliphatic rings. The molecule has 138 valence electrons. The largest absolute Gasteiger partial charge is 0.356 e. The Hall–Kier alpha value is -3.03. The summed E-state index contributed by atoms with van der Waals surface area (Å²) in [7, 11) is 0. The van der Waals surface area contributed by atoms with Crippen molar-refractivity contribution in [3.05, 3.63) is 77.7 Å². The van der Waals surface area contributed by atoms with E-state index in [4.69, 9.17) is 4.52 Å². The van der Waals surface area contributed by atoms with Crippen molar-refractivity contribution in [3.63, 3.8) is 0 Å². The van der Waals surface area contributed by atoms with Crippen molar-refractivity contribution in [2.75, 3.05) is 0 Å². The minimum Gasteiger partial charge on any atom is -0.356 e. The molecule has 0 bridgehead atoms. The average molecular weight is 366 g/mol. The second-order valence-corrected chi connectivity index (χ2v) is 6.45. The van der Waals surface area contributed by atoms with Crippen LogP contribution in [0.15, 0.2) is 65.2 Å². The molecule has 6 nitrogen and oxygen atoms in total. The van der Waals surface area contributed by atoms with Gasteiger partial charge in [-0.15, -0.1) is 0 Å². The third-order valence-electron chi connectivity index (χ3n) is 4.55. The van der Waals surface area contributed by atoms with Crippen molar-refractivity contribution >= 4 is 5.91 Å². The van der Waals surface area contributed by atoms with E-state index in [-0.39, 0.29) is 30.4 Å². The average Bonchev–Trinajstić information content (AvgIpc) is 3.37. The number of hydrogen-bond donors (Lipinski definition) is 3. The van der Waals surface area contributed by atoms with E-state index in [0.29, 0.717) is 17.9 Å². The molecular weight excluding hydrogens is 347 g/mol. The van der Waals surface area contributed by atoms with E-state index in [1.54, 1.807) is 12.1 Å². The number of carbonyl (C=O) groups excluding carboxylic acids is 1. The van der Waals surface area contributed by atoms with Crippen LogP contribution in [0.1, 0.15) is 23.7 Å². The first-order chi connectivity index (χ1) is 13.2. The van der Waals surface area contributed by atoms with Gasteiger partial charge in [0.05, 0.1) is 6.54 Å². The lowest BCUT2D eigenvalue weighted by Gasteiger charge is -2.10. The Morgan fingerprint density at radius 1 is 1.15 bits per heavy atom. The number of hydrogen-bond acceptors (Lipinski definition) is 5. The van der Waals surface area contributed by atoms with Gasteiger partial charge in [-0.2, -0.15) is 0 Å². The van der Waals surface area contributed by atoms with E-state index >= 15 is 0 Å². The van der Waals surface area contributed by atoms with Crippen LogP contribution < -0.4 is 16.2 Å². The van der Waals surface area contributed by atoms with Crippen LogP contribution in [0.5, 0.6) is 0 Å². The highest BCUT2D eigenvalue weighted by atomic mass is 19.1. The summed E-state index contributed by atoms with van der Waals surface area (Å²) < 4.78 is 18.4. The van der Waals surface area contributed by atoms with E-state index in [0.717, 1.165) is 11.1 Å². The minimum absolute atomic E-state index is 0.0434. The van der Waals surface area contributed by atoms with Crippen LogP contribution in [-0.4, -0.2) is 17.1 Å². The first kappa shape index (κ1) is 17.4. The summed E-state index contributed by atoms with van der Waals surface area (Å²) in [5, 5.41) is 6.86. The molecular formula is C20H19FN4O2. The highest BCUT2D eigenvalue weighted by Gasteiger charge is 2.30. The van der Waals surface area contributed by atoms with Crippen molar-refractivity contribution in [3.8, 4) is 11.3 Å². The standard InChI is InChI=1S/C20H19FN4O2/c21-15-8-6-13(7-9-15)17-11-18(24-23-17)20(26)22-12-16-10-19(27-25-16)14-4-2-1-3-5-14/h1-10,17-18,23-24H,11-12H2,(H,22,26). The van der Waals surface area contributed by atoms with Crippen LogP contribution in [0.4, 0.5) is 4.39 Å². The van der Waals surface area contributed by atoms with E-state index in [9.17, 15) is 9.18 Å². The van der Waals surface area contributed by atoms with Gasteiger partial charge in [0.2, 0.25) is 5.91 Å². The zero-order valence-corrected chi connectivity index (χ0v) is 14.5. The Labute approximate surface area is 155 Å². The Balaban J connectivity index is 1.31. The minimum atomic E-state index is -0.374. The quantitative estimate of drug-likeness (QED) is 0.647. The molecule has 3 N–H and O–H groups in total. The Morgan fingerprint density at radius 3 is 2.70 bits per heavy atom. The van der Waals surface area contributed by atoms with Gasteiger partial charge >= 0.3 is 0 Å². The van der Waals surface area contributed by atoms with Crippen LogP contribution in [0.2, 0.25) is 0 Å². The Kier molecular flexibility index (Phi) is 4.95. The molecule has 0 aliphatic carbocycles. The van der Waals surface area contributed by atoms with Gasteiger partial charge < -0.3 is 9.84 Å². The van der Waals surface area contributed by atoms with Gasteiger partial charge in [0.25, 0.3) is 0 Å². The maximum atomic E-state index is 13.0. The molecule has 7 heteroatoms. The Morgan fingerprint density at radius 2 is 1.93 bits per heavy atom. The van der Waals surface area contributed by atoms with Crippen molar-refractivity contribution in [2.24, 2.45) is 0 Å². The molecule has 2 unspecified atom stereocenters. The monoisotopic (exact) mass is 366 g/mol. The van der Waals surface area contributed by atoms with Gasteiger partial charge in [-0.1, -0.05) is 47.6 Å². The number of nitrogens with zero attached hydrogens (tertiary/aromatic N) is 1. The van der Waals surface area contributed by atoms with Gasteiger partial charge in [-0.05, 0) is 24.1 Å². The van der Waals surface area contributed by atoms with Crippen LogP contribution in [0, 0.1) is 5.82 Å². The molecule has 2 atom stereocenters. The molecule has 0 saturated carbocycles. The number of rotatable bonds is 5. The molecule has 3 aromatic rings. The maximum Gasteiger partial charge on any atom is 0.238 e. The summed E-state index contributed by atoms with van der Waals surface area (Å²) in [6.07, 6.45) is 0.575. The van der Waals surface area contributed by atoms with E-state index in [1.165, 1.54) is 12.1 Å². The fourth-order valence-corrected chi connectivity index (χ4v) is 3.08. The first-order valence-electron chi connectivity index (χ1n) is 8.74. The molecule has 0 spiro atoms. The zero-order valence-electron chi connectivity index (χ0n) is 14.5. The van der Waals surface area contributed by atoms with E-state index in [2.05, 4.69) is 21.3 Å². The molecule has 1 aliphatic heterocycles. The molecule has 4 rings (SSSR count). The summed E-state index contributed by atoms with van der Waals surface area (Å²) in [6.45, 7) is 0.286. The van der Waals surface area contributed by atoms with E-state index < -0.39 is 0 Å². The highest BCUT2D eigenvalue weighted by molar-refractivity contribution is 5.82. The van der Waals surface area contributed by atoms with Crippen molar-refractivity contribution in [1.82, 2.24) is 21.3 Å². The summed E-state index contributed by atoms with van der Waals surface area (Å²) in [6, 6.07) is 17.3. The fraction of sp³-hybridized carbons (Fsp3) is 0.200. The van der Waals surface area contributed by atoms with Crippen LogP contribution in [-0.2, 0) is 11.3 Å². The second kappa shape index (κ2) is 7.69. The number of benzene rings is 2. The van der Waals surface area contributed by atoms with Crippen molar-refractivity contribution in [2.45, 2.75) is 25.0 Å². The molecule has 1 saturated heterocycles. The lowest BCUT2D eigenvalue weighted by atomic mass is 10.0. The van der Waals surface area contributed by atoms with Gasteiger partial charge in [-0.25, -0.2) is 15.2 Å². The zero-order chi connectivity index (χ0) is 18.6. The van der Waals surface area contributed by atoms with Crippen molar-refractivity contribution in [1.29, 1.82) is 0 Å². The van der Waals surface area contributed by atoms with Gasteiger partial charge in [0.1, 0.15) is 17.6 Å². The maximum absolute atomic E-state index is 13.0. The lowest BCUT2D eigenvalue weighted by Crippen LogP contribution is -2.42. The predicted octanol–water partition coefficient (Wildman–Crippen LogP) is 2.70.